The third-order valence-corrected chi connectivity index (χ3v) is 4.36. The summed E-state index contributed by atoms with van der Waals surface area (Å²) in [5.74, 6) is 0.638. The van der Waals surface area contributed by atoms with E-state index in [0.29, 0.717) is 11.7 Å². The molecule has 0 unspecified atom stereocenters. The molecular weight excluding hydrogens is 226 g/mol. The van der Waals surface area contributed by atoms with Crippen LogP contribution in [0.5, 0.6) is 0 Å². The van der Waals surface area contributed by atoms with Gasteiger partial charge < -0.3 is 0 Å². The molecule has 0 radical (unpaired) electrons. The number of aromatic nitrogens is 2. The number of aromatic amines is 1. The number of H-pyrrole nitrogens is 1. The summed E-state index contributed by atoms with van der Waals surface area (Å²) in [5, 5.41) is 6.72. The van der Waals surface area contributed by atoms with Gasteiger partial charge in [-0.25, -0.2) is 8.42 Å². The predicted octanol–water partition coefficient (Wildman–Crippen LogP) is 2.07. The summed E-state index contributed by atoms with van der Waals surface area (Å²) < 4.78 is 25.3. The molecule has 0 aliphatic rings. The van der Waals surface area contributed by atoms with E-state index in [0.717, 1.165) is 5.69 Å². The molecule has 0 aromatic carbocycles. The van der Waals surface area contributed by atoms with Crippen molar-refractivity contribution in [3.8, 4) is 0 Å². The minimum absolute atomic E-state index is 0.292. The standard InChI is InChI=1S/C10H19N3O2S/c1-7(2)8-6-9(12-11-8)13-16(14,15)10(3,4)5/h6-7H,1-5H3,(H2,11,12,13). The lowest BCUT2D eigenvalue weighted by Gasteiger charge is -2.18. The molecule has 0 fully saturated rings. The van der Waals surface area contributed by atoms with E-state index in [1.54, 1.807) is 26.8 Å². The maximum Gasteiger partial charge on any atom is 0.238 e. The number of hydrogen-bond donors (Lipinski definition) is 2. The highest BCUT2D eigenvalue weighted by atomic mass is 32.2. The first-order valence-corrected chi connectivity index (χ1v) is 6.69. The molecule has 0 atom stereocenters. The monoisotopic (exact) mass is 245 g/mol. The minimum Gasteiger partial charge on any atom is -0.280 e. The molecule has 1 aromatic rings. The van der Waals surface area contributed by atoms with Crippen LogP contribution in [-0.4, -0.2) is 23.4 Å². The lowest BCUT2D eigenvalue weighted by Crippen LogP contribution is -2.33. The molecule has 2 N–H and O–H groups in total. The molecule has 0 saturated carbocycles. The molecule has 16 heavy (non-hydrogen) atoms. The Morgan fingerprint density at radius 2 is 1.94 bits per heavy atom. The third-order valence-electron chi connectivity index (χ3n) is 2.26. The maximum absolute atomic E-state index is 11.8. The van der Waals surface area contributed by atoms with Gasteiger partial charge in [-0.05, 0) is 26.7 Å². The van der Waals surface area contributed by atoms with E-state index >= 15 is 0 Å². The highest BCUT2D eigenvalue weighted by Gasteiger charge is 2.29. The van der Waals surface area contributed by atoms with Gasteiger partial charge in [0.25, 0.3) is 0 Å². The summed E-state index contributed by atoms with van der Waals surface area (Å²) in [6.07, 6.45) is 0. The van der Waals surface area contributed by atoms with E-state index in [4.69, 9.17) is 0 Å². The van der Waals surface area contributed by atoms with Gasteiger partial charge in [0.15, 0.2) is 5.82 Å². The van der Waals surface area contributed by atoms with Crippen LogP contribution in [0.15, 0.2) is 6.07 Å². The van der Waals surface area contributed by atoms with Crippen molar-refractivity contribution in [2.24, 2.45) is 0 Å². The van der Waals surface area contributed by atoms with E-state index in [-0.39, 0.29) is 0 Å². The zero-order valence-corrected chi connectivity index (χ0v) is 11.1. The van der Waals surface area contributed by atoms with Crippen LogP contribution in [0.25, 0.3) is 0 Å². The average Bonchev–Trinajstić information content (AvgIpc) is 2.49. The van der Waals surface area contributed by atoms with E-state index in [1.807, 2.05) is 13.8 Å². The van der Waals surface area contributed by atoms with Gasteiger partial charge in [-0.15, -0.1) is 0 Å². The number of nitrogens with one attached hydrogen (secondary N) is 2. The summed E-state index contributed by atoms with van der Waals surface area (Å²) in [6.45, 7) is 8.95. The van der Waals surface area contributed by atoms with Gasteiger partial charge in [-0.3, -0.25) is 9.82 Å². The second kappa shape index (κ2) is 4.08. The fourth-order valence-electron chi connectivity index (χ4n) is 0.975. The lowest BCUT2D eigenvalue weighted by molar-refractivity contribution is 0.566. The second-order valence-corrected chi connectivity index (χ2v) is 7.52. The van der Waals surface area contributed by atoms with Crippen molar-refractivity contribution in [1.82, 2.24) is 10.2 Å². The fourth-order valence-corrected chi connectivity index (χ4v) is 1.66. The number of sulfonamides is 1. The summed E-state index contributed by atoms with van der Waals surface area (Å²) in [5.41, 5.74) is 0.909. The molecule has 1 rings (SSSR count). The van der Waals surface area contributed by atoms with Gasteiger partial charge in [0.05, 0.1) is 4.75 Å². The fraction of sp³-hybridized carbons (Fsp3) is 0.700. The van der Waals surface area contributed by atoms with Gasteiger partial charge in [0.2, 0.25) is 10.0 Å². The Balaban J connectivity index is 2.90. The molecule has 92 valence electrons. The van der Waals surface area contributed by atoms with Crippen LogP contribution in [-0.2, 0) is 10.0 Å². The largest absolute Gasteiger partial charge is 0.280 e. The van der Waals surface area contributed by atoms with Crippen LogP contribution in [0.1, 0.15) is 46.2 Å². The number of nitrogens with zero attached hydrogens (tertiary/aromatic N) is 1. The summed E-state index contributed by atoms with van der Waals surface area (Å²) >= 11 is 0. The highest BCUT2D eigenvalue weighted by Crippen LogP contribution is 2.20. The highest BCUT2D eigenvalue weighted by molar-refractivity contribution is 7.94. The maximum atomic E-state index is 11.8. The molecule has 5 nitrogen and oxygen atoms in total. The Bertz CT molecular complexity index is 455. The molecule has 0 saturated heterocycles. The molecule has 6 heteroatoms. The number of rotatable bonds is 3. The molecule has 0 amide bonds. The summed E-state index contributed by atoms with van der Waals surface area (Å²) in [4.78, 5) is 0. The second-order valence-electron chi connectivity index (χ2n) is 5.08. The van der Waals surface area contributed by atoms with E-state index in [1.165, 1.54) is 0 Å². The lowest BCUT2D eigenvalue weighted by atomic mass is 10.1. The Hall–Kier alpha value is -1.04. The number of anilines is 1. The topological polar surface area (TPSA) is 74.8 Å². The smallest absolute Gasteiger partial charge is 0.238 e. The SMILES string of the molecule is CC(C)c1cc(NS(=O)(=O)C(C)(C)C)n[nH]1. The van der Waals surface area contributed by atoms with Crippen molar-refractivity contribution in [2.75, 3.05) is 4.72 Å². The number of hydrogen-bond acceptors (Lipinski definition) is 3. The van der Waals surface area contributed by atoms with Gasteiger partial charge in [0.1, 0.15) is 0 Å². The molecule has 0 aliphatic heterocycles. The Morgan fingerprint density at radius 3 is 2.31 bits per heavy atom. The van der Waals surface area contributed by atoms with Crippen LogP contribution in [0, 0.1) is 0 Å². The third kappa shape index (κ3) is 2.75. The molecule has 0 spiro atoms. The van der Waals surface area contributed by atoms with Crippen molar-refractivity contribution < 1.29 is 8.42 Å². The molecular formula is C10H19N3O2S. The normalized spacial score (nSPS) is 13.1. The average molecular weight is 245 g/mol. The Labute approximate surface area is 96.7 Å². The van der Waals surface area contributed by atoms with Gasteiger partial charge in [-0.1, -0.05) is 13.8 Å². The van der Waals surface area contributed by atoms with Crippen molar-refractivity contribution >= 4 is 15.8 Å². The van der Waals surface area contributed by atoms with Crippen LogP contribution < -0.4 is 4.72 Å². The minimum atomic E-state index is -3.40. The molecule has 0 bridgehead atoms. The zero-order chi connectivity index (χ0) is 12.6. The van der Waals surface area contributed by atoms with Crippen LogP contribution >= 0.6 is 0 Å². The molecule has 0 aliphatic carbocycles. The summed E-state index contributed by atoms with van der Waals surface area (Å²) in [7, 11) is -3.40. The van der Waals surface area contributed by atoms with E-state index < -0.39 is 14.8 Å². The van der Waals surface area contributed by atoms with E-state index in [9.17, 15) is 8.42 Å². The first kappa shape index (κ1) is 13.0. The quantitative estimate of drug-likeness (QED) is 0.856. The first-order chi connectivity index (χ1) is 7.13. The van der Waals surface area contributed by atoms with Crippen molar-refractivity contribution in [1.29, 1.82) is 0 Å². The zero-order valence-electron chi connectivity index (χ0n) is 10.3. The Morgan fingerprint density at radius 1 is 1.38 bits per heavy atom. The first-order valence-electron chi connectivity index (χ1n) is 5.21. The van der Waals surface area contributed by atoms with Gasteiger partial charge >= 0.3 is 0 Å². The van der Waals surface area contributed by atoms with Crippen LogP contribution in [0.4, 0.5) is 5.82 Å². The van der Waals surface area contributed by atoms with Gasteiger partial charge in [-0.2, -0.15) is 5.10 Å². The molecule has 1 heterocycles. The predicted molar refractivity (Wildman–Crippen MR) is 65.0 cm³/mol. The van der Waals surface area contributed by atoms with Crippen LogP contribution in [0.3, 0.4) is 0 Å². The molecule has 1 aromatic heterocycles. The van der Waals surface area contributed by atoms with Crippen molar-refractivity contribution in [3.63, 3.8) is 0 Å². The van der Waals surface area contributed by atoms with Crippen molar-refractivity contribution in [2.45, 2.75) is 45.3 Å². The van der Waals surface area contributed by atoms with E-state index in [2.05, 4.69) is 14.9 Å². The van der Waals surface area contributed by atoms with Crippen molar-refractivity contribution in [3.05, 3.63) is 11.8 Å². The Kier molecular flexibility index (Phi) is 3.33. The summed E-state index contributed by atoms with van der Waals surface area (Å²) in [6, 6.07) is 1.72. The van der Waals surface area contributed by atoms with Gasteiger partial charge in [0, 0.05) is 11.8 Å². The van der Waals surface area contributed by atoms with Crippen LogP contribution in [0.2, 0.25) is 0 Å².